The molecular formula is C23H42N3O6+. The standard InChI is InChI=1S/C23H41N3O6/c1-7-17(20(28)24-10-13-26(4,5)6)15-18(21(29)30)16-23(2,3)22(31)32-14-12-25-11-8-9-19(25)27/h17-18H,7-16H2,1-6H3,(H-,24,28,29,30)/p+1. The molecule has 2 N–H and O–H groups in total. The van der Waals surface area contributed by atoms with E-state index in [0.29, 0.717) is 32.5 Å². The molecule has 2 unspecified atom stereocenters. The summed E-state index contributed by atoms with van der Waals surface area (Å²) >= 11 is 0. The number of carboxylic acids is 1. The first kappa shape index (κ1) is 27.9. The average Bonchev–Trinajstić information content (AvgIpc) is 3.08. The van der Waals surface area contributed by atoms with Crippen molar-refractivity contribution < 1.29 is 33.5 Å². The van der Waals surface area contributed by atoms with Crippen LogP contribution in [0.1, 0.15) is 52.9 Å². The topological polar surface area (TPSA) is 113 Å². The predicted octanol–water partition coefficient (Wildman–Crippen LogP) is 1.51. The van der Waals surface area contributed by atoms with Crippen LogP contribution in [0.3, 0.4) is 0 Å². The number of nitrogens with one attached hydrogen (secondary N) is 1. The molecule has 2 amide bonds. The van der Waals surface area contributed by atoms with Gasteiger partial charge in [-0.3, -0.25) is 19.2 Å². The van der Waals surface area contributed by atoms with Crippen molar-refractivity contribution in [1.29, 1.82) is 0 Å². The minimum atomic E-state index is -1.02. The Balaban J connectivity index is 2.61. The van der Waals surface area contributed by atoms with Crippen LogP contribution in [-0.2, 0) is 23.9 Å². The second-order valence-corrected chi connectivity index (χ2v) is 10.4. The van der Waals surface area contributed by atoms with Gasteiger partial charge in [0.2, 0.25) is 11.8 Å². The van der Waals surface area contributed by atoms with Crippen LogP contribution in [-0.4, -0.2) is 92.2 Å². The summed E-state index contributed by atoms with van der Waals surface area (Å²) in [5.74, 6) is -2.87. The number of rotatable bonds is 14. The van der Waals surface area contributed by atoms with Gasteiger partial charge in [0.15, 0.2) is 0 Å². The number of amides is 2. The number of hydrogen-bond donors (Lipinski definition) is 2. The number of carbonyl (C=O) groups is 4. The van der Waals surface area contributed by atoms with E-state index >= 15 is 0 Å². The van der Waals surface area contributed by atoms with E-state index in [9.17, 15) is 24.3 Å². The number of nitrogens with zero attached hydrogens (tertiary/aromatic N) is 2. The van der Waals surface area contributed by atoms with E-state index in [4.69, 9.17) is 4.74 Å². The summed E-state index contributed by atoms with van der Waals surface area (Å²) in [6.07, 6.45) is 2.11. The van der Waals surface area contributed by atoms with Gasteiger partial charge in [-0.15, -0.1) is 0 Å². The summed E-state index contributed by atoms with van der Waals surface area (Å²) in [7, 11) is 6.11. The number of carboxylic acid groups (broad SMARTS) is 1. The van der Waals surface area contributed by atoms with E-state index in [1.54, 1.807) is 18.7 Å². The molecule has 1 heterocycles. The quantitative estimate of drug-likeness (QED) is 0.303. The number of hydrogen-bond acceptors (Lipinski definition) is 5. The summed E-state index contributed by atoms with van der Waals surface area (Å²) in [6, 6.07) is 0. The van der Waals surface area contributed by atoms with E-state index in [1.165, 1.54) is 0 Å². The van der Waals surface area contributed by atoms with Crippen LogP contribution in [0.2, 0.25) is 0 Å². The molecule has 1 aliphatic heterocycles. The fraction of sp³-hybridized carbons (Fsp3) is 0.826. The minimum Gasteiger partial charge on any atom is -0.481 e. The van der Waals surface area contributed by atoms with E-state index in [-0.39, 0.29) is 31.3 Å². The summed E-state index contributed by atoms with van der Waals surface area (Å²) in [6.45, 7) is 7.61. The van der Waals surface area contributed by atoms with Gasteiger partial charge in [0.25, 0.3) is 0 Å². The summed E-state index contributed by atoms with van der Waals surface area (Å²) < 4.78 is 6.07. The van der Waals surface area contributed by atoms with Gasteiger partial charge in [-0.2, -0.15) is 0 Å². The van der Waals surface area contributed by atoms with Gasteiger partial charge in [0.05, 0.1) is 52.1 Å². The van der Waals surface area contributed by atoms with Crippen molar-refractivity contribution in [1.82, 2.24) is 10.2 Å². The molecule has 1 rings (SSSR count). The van der Waals surface area contributed by atoms with Crippen molar-refractivity contribution in [3.8, 4) is 0 Å². The van der Waals surface area contributed by atoms with E-state index in [2.05, 4.69) is 5.32 Å². The van der Waals surface area contributed by atoms with E-state index in [1.807, 2.05) is 28.1 Å². The van der Waals surface area contributed by atoms with Gasteiger partial charge >= 0.3 is 11.9 Å². The minimum absolute atomic E-state index is 0.0663. The lowest BCUT2D eigenvalue weighted by Gasteiger charge is -2.28. The maximum Gasteiger partial charge on any atom is 0.311 e. The molecule has 9 heteroatoms. The highest BCUT2D eigenvalue weighted by Gasteiger charge is 2.37. The smallest absolute Gasteiger partial charge is 0.311 e. The Morgan fingerprint density at radius 1 is 1.22 bits per heavy atom. The Kier molecular flexibility index (Phi) is 10.6. The van der Waals surface area contributed by atoms with Gasteiger partial charge < -0.3 is 24.5 Å². The van der Waals surface area contributed by atoms with Crippen LogP contribution < -0.4 is 5.32 Å². The highest BCUT2D eigenvalue weighted by molar-refractivity contribution is 5.81. The summed E-state index contributed by atoms with van der Waals surface area (Å²) in [5, 5.41) is 12.7. The molecule has 0 bridgehead atoms. The second-order valence-electron chi connectivity index (χ2n) is 10.4. The number of carbonyl (C=O) groups excluding carboxylic acids is 3. The van der Waals surface area contributed by atoms with Crippen molar-refractivity contribution in [3.05, 3.63) is 0 Å². The lowest BCUT2D eigenvalue weighted by molar-refractivity contribution is -0.869. The Bertz CT molecular complexity index is 671. The van der Waals surface area contributed by atoms with Crippen molar-refractivity contribution in [3.63, 3.8) is 0 Å². The summed E-state index contributed by atoms with van der Waals surface area (Å²) in [5.41, 5.74) is -1.02. The van der Waals surface area contributed by atoms with Gasteiger partial charge in [-0.25, -0.2) is 0 Å². The Morgan fingerprint density at radius 2 is 1.88 bits per heavy atom. The predicted molar refractivity (Wildman–Crippen MR) is 121 cm³/mol. The zero-order valence-corrected chi connectivity index (χ0v) is 20.6. The van der Waals surface area contributed by atoms with Crippen molar-refractivity contribution in [2.24, 2.45) is 17.3 Å². The molecule has 0 radical (unpaired) electrons. The van der Waals surface area contributed by atoms with Crippen LogP contribution in [0.4, 0.5) is 0 Å². The molecule has 0 aromatic carbocycles. The van der Waals surface area contributed by atoms with Gasteiger partial charge in [-0.1, -0.05) is 6.92 Å². The maximum absolute atomic E-state index is 12.6. The van der Waals surface area contributed by atoms with Crippen molar-refractivity contribution >= 4 is 23.8 Å². The summed E-state index contributed by atoms with van der Waals surface area (Å²) in [4.78, 5) is 50.4. The Labute approximate surface area is 192 Å². The number of esters is 1. The monoisotopic (exact) mass is 456 g/mol. The normalized spacial score (nSPS) is 16.6. The third kappa shape index (κ3) is 9.54. The molecule has 9 nitrogen and oxygen atoms in total. The SMILES string of the molecule is CCC(CC(CC(C)(C)C(=O)OCCN1CCCC1=O)C(=O)O)C(=O)NCC[N+](C)(C)C. The van der Waals surface area contributed by atoms with Crippen LogP contribution in [0, 0.1) is 17.3 Å². The molecule has 184 valence electrons. The molecule has 0 aliphatic carbocycles. The number of likely N-dealkylation sites (N-methyl/N-ethyl adjacent to an activating group) is 1. The number of quaternary nitrogens is 1. The molecule has 0 aromatic heterocycles. The van der Waals surface area contributed by atoms with Gasteiger partial charge in [-0.05, 0) is 39.5 Å². The van der Waals surface area contributed by atoms with Crippen LogP contribution in [0.25, 0.3) is 0 Å². The van der Waals surface area contributed by atoms with Crippen LogP contribution >= 0.6 is 0 Å². The first-order valence-electron chi connectivity index (χ1n) is 11.5. The van der Waals surface area contributed by atoms with Crippen LogP contribution in [0.15, 0.2) is 0 Å². The second kappa shape index (κ2) is 12.2. The molecule has 2 atom stereocenters. The lowest BCUT2D eigenvalue weighted by atomic mass is 9.78. The third-order valence-corrected chi connectivity index (χ3v) is 5.94. The first-order chi connectivity index (χ1) is 14.8. The van der Waals surface area contributed by atoms with Gasteiger partial charge in [0.1, 0.15) is 6.61 Å². The fourth-order valence-corrected chi connectivity index (χ4v) is 3.82. The lowest BCUT2D eigenvalue weighted by Crippen LogP contribution is -2.43. The van der Waals surface area contributed by atoms with E-state index < -0.39 is 29.2 Å². The Morgan fingerprint density at radius 3 is 2.38 bits per heavy atom. The fourth-order valence-electron chi connectivity index (χ4n) is 3.82. The Hall–Kier alpha value is -2.16. The highest BCUT2D eigenvalue weighted by atomic mass is 16.5. The average molecular weight is 457 g/mol. The number of ether oxygens (including phenoxy) is 1. The van der Waals surface area contributed by atoms with E-state index in [0.717, 1.165) is 17.4 Å². The molecule has 32 heavy (non-hydrogen) atoms. The van der Waals surface area contributed by atoms with Crippen LogP contribution in [0.5, 0.6) is 0 Å². The highest BCUT2D eigenvalue weighted by Crippen LogP contribution is 2.31. The molecule has 1 saturated heterocycles. The molecule has 0 saturated carbocycles. The zero-order chi connectivity index (χ0) is 24.5. The first-order valence-corrected chi connectivity index (χ1v) is 11.5. The van der Waals surface area contributed by atoms with Crippen molar-refractivity contribution in [2.45, 2.75) is 52.9 Å². The number of likely N-dealkylation sites (tertiary alicyclic amines) is 1. The van der Waals surface area contributed by atoms with Gasteiger partial charge in [0, 0.05) is 18.9 Å². The maximum atomic E-state index is 12.6. The molecular weight excluding hydrogens is 414 g/mol. The van der Waals surface area contributed by atoms with Crippen molar-refractivity contribution in [2.75, 3.05) is 53.9 Å². The molecule has 1 aliphatic rings. The molecule has 1 fully saturated rings. The number of aliphatic carboxylic acids is 1. The molecule has 0 aromatic rings. The third-order valence-electron chi connectivity index (χ3n) is 5.94. The molecule has 0 spiro atoms. The largest absolute Gasteiger partial charge is 0.481 e. The zero-order valence-electron chi connectivity index (χ0n) is 20.6.